The van der Waals surface area contributed by atoms with Crippen LogP contribution in [0.25, 0.3) is 0 Å². The van der Waals surface area contributed by atoms with Gasteiger partial charge in [0.1, 0.15) is 5.75 Å². The van der Waals surface area contributed by atoms with Crippen LogP contribution >= 0.6 is 0 Å². The van der Waals surface area contributed by atoms with Crippen molar-refractivity contribution in [3.05, 3.63) is 29.3 Å². The predicted octanol–water partition coefficient (Wildman–Crippen LogP) is 2.25. The molecule has 2 aliphatic carbocycles. The Labute approximate surface area is 156 Å². The minimum absolute atomic E-state index is 0.0608. The molecule has 5 nitrogen and oxygen atoms in total. The number of piperidine rings is 1. The Balaban J connectivity index is 1.66. The second kappa shape index (κ2) is 6.50. The molecule has 26 heavy (non-hydrogen) atoms. The lowest BCUT2D eigenvalue weighted by Gasteiger charge is -2.56. The van der Waals surface area contributed by atoms with Gasteiger partial charge in [-0.3, -0.25) is 4.90 Å². The van der Waals surface area contributed by atoms with Crippen LogP contribution in [-0.4, -0.2) is 50.4 Å². The molecule has 2 N–H and O–H groups in total. The summed E-state index contributed by atoms with van der Waals surface area (Å²) in [5, 5.41) is 10.1. The van der Waals surface area contributed by atoms with Gasteiger partial charge in [-0.1, -0.05) is 13.0 Å². The summed E-state index contributed by atoms with van der Waals surface area (Å²) >= 11 is 0. The van der Waals surface area contributed by atoms with Crippen molar-refractivity contribution >= 4 is 10.0 Å². The van der Waals surface area contributed by atoms with Crippen LogP contribution in [0.2, 0.25) is 0 Å². The van der Waals surface area contributed by atoms with Crippen molar-refractivity contribution in [3.63, 3.8) is 0 Å². The summed E-state index contributed by atoms with van der Waals surface area (Å²) in [4.78, 5) is 2.68. The first-order valence-electron chi connectivity index (χ1n) is 9.79. The van der Waals surface area contributed by atoms with Gasteiger partial charge in [0, 0.05) is 24.5 Å². The van der Waals surface area contributed by atoms with Crippen LogP contribution < -0.4 is 4.72 Å². The van der Waals surface area contributed by atoms with Gasteiger partial charge in [0.15, 0.2) is 0 Å². The normalized spacial score (nSPS) is 31.6. The Bertz CT molecular complexity index is 790. The number of hydrogen-bond donors (Lipinski definition) is 2. The molecule has 1 saturated carbocycles. The highest BCUT2D eigenvalue weighted by Gasteiger charge is 2.51. The summed E-state index contributed by atoms with van der Waals surface area (Å²) in [6.07, 6.45) is 6.79. The molecule has 1 aromatic rings. The molecule has 3 aliphatic rings. The molecular weight excluding hydrogens is 348 g/mol. The van der Waals surface area contributed by atoms with Gasteiger partial charge in [-0.05, 0) is 73.7 Å². The number of fused-ring (bicyclic) bond motifs is 4. The lowest BCUT2D eigenvalue weighted by molar-refractivity contribution is 0.0164. The van der Waals surface area contributed by atoms with E-state index in [9.17, 15) is 13.5 Å². The van der Waals surface area contributed by atoms with E-state index in [1.807, 2.05) is 6.07 Å². The van der Waals surface area contributed by atoms with Crippen LogP contribution in [0.5, 0.6) is 5.75 Å². The van der Waals surface area contributed by atoms with E-state index < -0.39 is 10.0 Å². The summed E-state index contributed by atoms with van der Waals surface area (Å²) < 4.78 is 25.8. The molecule has 1 aromatic carbocycles. The maximum absolute atomic E-state index is 11.5. The Morgan fingerprint density at radius 2 is 2.12 bits per heavy atom. The molecule has 2 fully saturated rings. The van der Waals surface area contributed by atoms with Crippen molar-refractivity contribution in [2.75, 3.05) is 25.9 Å². The van der Waals surface area contributed by atoms with E-state index in [1.165, 1.54) is 36.8 Å². The van der Waals surface area contributed by atoms with Crippen molar-refractivity contribution in [1.29, 1.82) is 0 Å². The van der Waals surface area contributed by atoms with Crippen molar-refractivity contribution in [2.45, 2.75) is 50.5 Å². The zero-order valence-corrected chi connectivity index (χ0v) is 16.6. The number of nitrogens with one attached hydrogen (secondary N) is 1. The largest absolute Gasteiger partial charge is 0.508 e. The predicted molar refractivity (Wildman–Crippen MR) is 103 cm³/mol. The van der Waals surface area contributed by atoms with E-state index in [0.717, 1.165) is 31.7 Å². The number of nitrogens with zero attached hydrogens (tertiary/aromatic N) is 1. The van der Waals surface area contributed by atoms with E-state index in [2.05, 4.69) is 22.6 Å². The molecule has 0 unspecified atom stereocenters. The number of sulfonamides is 1. The Hall–Kier alpha value is -1.11. The number of likely N-dealkylation sites (tertiary alicyclic amines) is 1. The average molecular weight is 379 g/mol. The minimum Gasteiger partial charge on any atom is -0.508 e. The van der Waals surface area contributed by atoms with E-state index in [-0.39, 0.29) is 5.41 Å². The van der Waals surface area contributed by atoms with Gasteiger partial charge in [-0.2, -0.15) is 0 Å². The summed E-state index contributed by atoms with van der Waals surface area (Å²) in [5.74, 6) is 1.64. The highest BCUT2D eigenvalue weighted by Crippen LogP contribution is 2.52. The van der Waals surface area contributed by atoms with Crippen molar-refractivity contribution in [2.24, 2.45) is 11.8 Å². The first kappa shape index (κ1) is 18.3. The topological polar surface area (TPSA) is 69.6 Å². The summed E-state index contributed by atoms with van der Waals surface area (Å²) in [6, 6.07) is 6.31. The van der Waals surface area contributed by atoms with Crippen LogP contribution in [0.3, 0.4) is 0 Å². The number of aromatic hydroxyl groups is 1. The van der Waals surface area contributed by atoms with Gasteiger partial charge in [0.2, 0.25) is 10.0 Å². The molecule has 3 atom stereocenters. The maximum atomic E-state index is 11.5. The van der Waals surface area contributed by atoms with E-state index >= 15 is 0 Å². The molecule has 0 spiro atoms. The van der Waals surface area contributed by atoms with Crippen LogP contribution in [0.1, 0.15) is 43.7 Å². The average Bonchev–Trinajstić information content (AvgIpc) is 3.36. The third-order valence-electron chi connectivity index (χ3n) is 6.95. The number of phenolic OH excluding ortho intramolecular Hbond substituents is 1. The zero-order chi connectivity index (χ0) is 18.5. The number of hydrogen-bond acceptors (Lipinski definition) is 4. The van der Waals surface area contributed by atoms with Crippen LogP contribution in [-0.2, 0) is 21.9 Å². The highest BCUT2D eigenvalue weighted by molar-refractivity contribution is 7.88. The van der Waals surface area contributed by atoms with Gasteiger partial charge in [0.25, 0.3) is 0 Å². The summed E-state index contributed by atoms with van der Waals surface area (Å²) in [7, 11) is -3.19. The first-order chi connectivity index (χ1) is 12.3. The third kappa shape index (κ3) is 3.39. The second-order valence-corrected chi connectivity index (χ2v) is 10.5. The lowest BCUT2D eigenvalue weighted by atomic mass is 9.56. The molecule has 144 valence electrons. The molecule has 2 bridgehead atoms. The summed E-state index contributed by atoms with van der Waals surface area (Å²) in [6.45, 7) is 5.06. The van der Waals surface area contributed by atoms with Crippen LogP contribution in [0.15, 0.2) is 18.2 Å². The van der Waals surface area contributed by atoms with Gasteiger partial charge in [0.05, 0.1) is 6.26 Å². The fraction of sp³-hybridized carbons (Fsp3) is 0.700. The van der Waals surface area contributed by atoms with E-state index in [0.29, 0.717) is 24.3 Å². The van der Waals surface area contributed by atoms with Gasteiger partial charge in [-0.25, -0.2) is 13.1 Å². The van der Waals surface area contributed by atoms with Crippen molar-refractivity contribution in [1.82, 2.24) is 9.62 Å². The van der Waals surface area contributed by atoms with Gasteiger partial charge >= 0.3 is 0 Å². The van der Waals surface area contributed by atoms with E-state index in [4.69, 9.17) is 0 Å². The maximum Gasteiger partial charge on any atom is 0.208 e. The SMILES string of the molecule is C[C@H]1[C@H]2Cc3ccc(O)cc3[C@@]1(CCNS(C)(=O)=O)CCN2CC1CC1. The minimum atomic E-state index is -3.19. The van der Waals surface area contributed by atoms with Crippen molar-refractivity contribution < 1.29 is 13.5 Å². The Kier molecular flexibility index (Phi) is 4.56. The Morgan fingerprint density at radius 3 is 2.81 bits per heavy atom. The molecule has 6 heteroatoms. The zero-order valence-electron chi connectivity index (χ0n) is 15.7. The first-order valence-corrected chi connectivity index (χ1v) is 11.7. The number of benzene rings is 1. The molecule has 0 radical (unpaired) electrons. The third-order valence-corrected chi connectivity index (χ3v) is 7.68. The smallest absolute Gasteiger partial charge is 0.208 e. The fourth-order valence-corrected chi connectivity index (χ4v) is 5.82. The number of phenols is 1. The Morgan fingerprint density at radius 1 is 1.35 bits per heavy atom. The van der Waals surface area contributed by atoms with Crippen LogP contribution in [0, 0.1) is 11.8 Å². The van der Waals surface area contributed by atoms with Crippen molar-refractivity contribution in [3.8, 4) is 5.75 Å². The molecule has 1 heterocycles. The molecule has 0 amide bonds. The molecule has 1 saturated heterocycles. The van der Waals surface area contributed by atoms with E-state index in [1.54, 1.807) is 6.07 Å². The monoisotopic (exact) mass is 378 g/mol. The lowest BCUT2D eigenvalue weighted by Crippen LogP contribution is -2.60. The van der Waals surface area contributed by atoms with Crippen LogP contribution in [0.4, 0.5) is 0 Å². The fourth-order valence-electron chi connectivity index (χ4n) is 5.34. The molecule has 1 aliphatic heterocycles. The summed E-state index contributed by atoms with van der Waals surface area (Å²) in [5.41, 5.74) is 2.50. The second-order valence-electron chi connectivity index (χ2n) is 8.66. The molecule has 0 aromatic heterocycles. The van der Waals surface area contributed by atoms with Gasteiger partial charge < -0.3 is 5.11 Å². The standard InChI is InChI=1S/C20H30N2O3S/c1-14-19-11-16-5-6-17(23)12-18(16)20(14,7-9-21-26(2,24)25)8-10-22(19)13-15-3-4-15/h5-6,12,14-15,19,21,23H,3-4,7-11,13H2,1-2H3/t14-,19+,20-/m0/s1. The highest BCUT2D eigenvalue weighted by atomic mass is 32.2. The quantitative estimate of drug-likeness (QED) is 0.797. The van der Waals surface area contributed by atoms with Gasteiger partial charge in [-0.15, -0.1) is 0 Å². The number of rotatable bonds is 6. The molecular formula is C20H30N2O3S. The molecule has 4 rings (SSSR count).